The highest BCUT2D eigenvalue weighted by atomic mass is 32.2. The quantitative estimate of drug-likeness (QED) is 0.630. The maximum atomic E-state index is 12.6. The van der Waals surface area contributed by atoms with Gasteiger partial charge in [0.25, 0.3) is 11.8 Å². The zero-order chi connectivity index (χ0) is 18.2. The fourth-order valence-corrected chi connectivity index (χ4v) is 3.57. The van der Waals surface area contributed by atoms with Crippen LogP contribution in [0.3, 0.4) is 0 Å². The van der Waals surface area contributed by atoms with Crippen LogP contribution < -0.4 is 9.03 Å². The first kappa shape index (κ1) is 17.0. The molecule has 130 valence electrons. The first-order valence-corrected chi connectivity index (χ1v) is 8.84. The Morgan fingerprint density at radius 3 is 2.48 bits per heavy atom. The topological polar surface area (TPSA) is 121 Å². The lowest BCUT2D eigenvalue weighted by molar-refractivity contribution is -0.129. The van der Waals surface area contributed by atoms with Crippen LogP contribution in [0.4, 0.5) is 5.69 Å². The molecule has 2 aliphatic heterocycles. The van der Waals surface area contributed by atoms with Crippen LogP contribution in [-0.4, -0.2) is 32.1 Å². The van der Waals surface area contributed by atoms with E-state index < -0.39 is 28.1 Å². The molecule has 10 heteroatoms. The van der Waals surface area contributed by atoms with Crippen LogP contribution in [0.5, 0.6) is 0 Å². The second kappa shape index (κ2) is 6.20. The molecular weight excluding hydrogens is 346 g/mol. The standard InChI is InChI=1S/C15H15N5O4S/c1-9-8-12(16-10(9)2)17-18-13-14(21)19-25(23,24)20(15(13)22)11-6-4-3-5-7-11/h3-7,13H,8H2,1-2H3,(H,19,21). The molecule has 1 N–H and O–H groups in total. The van der Waals surface area contributed by atoms with Gasteiger partial charge in [0, 0.05) is 12.1 Å². The number of carbonyl (C=O) groups excluding carboxylic acids is 2. The van der Waals surface area contributed by atoms with Crippen LogP contribution in [0.1, 0.15) is 20.3 Å². The zero-order valence-corrected chi connectivity index (χ0v) is 14.3. The molecular formula is C15H15N5O4S. The monoisotopic (exact) mass is 361 g/mol. The number of nitrogens with zero attached hydrogens (tertiary/aromatic N) is 4. The number of carbonyl (C=O) groups is 2. The normalized spacial score (nSPS) is 23.2. The number of allylic oxidation sites excluding steroid dienone is 1. The van der Waals surface area contributed by atoms with E-state index in [9.17, 15) is 18.0 Å². The largest absolute Gasteiger partial charge is 0.332 e. The minimum absolute atomic E-state index is 0.110. The summed E-state index contributed by atoms with van der Waals surface area (Å²) in [6, 6.07) is 6.13. The summed E-state index contributed by atoms with van der Waals surface area (Å²) < 4.78 is 26.7. The molecule has 0 spiro atoms. The maximum Gasteiger partial charge on any atom is 0.332 e. The number of amides is 2. The number of amidine groups is 1. The van der Waals surface area contributed by atoms with Crippen molar-refractivity contribution in [3.63, 3.8) is 0 Å². The summed E-state index contributed by atoms with van der Waals surface area (Å²) in [5.41, 5.74) is 1.93. The van der Waals surface area contributed by atoms with Gasteiger partial charge in [0.2, 0.25) is 6.04 Å². The molecule has 1 saturated heterocycles. The molecule has 1 aromatic rings. The molecule has 0 aliphatic carbocycles. The zero-order valence-electron chi connectivity index (χ0n) is 13.5. The van der Waals surface area contributed by atoms with E-state index in [0.717, 1.165) is 11.3 Å². The van der Waals surface area contributed by atoms with Crippen molar-refractivity contribution in [1.82, 2.24) is 4.72 Å². The molecule has 0 radical (unpaired) electrons. The van der Waals surface area contributed by atoms with Gasteiger partial charge in [-0.2, -0.15) is 17.8 Å². The van der Waals surface area contributed by atoms with Gasteiger partial charge in [0.15, 0.2) is 5.84 Å². The molecule has 9 nitrogen and oxygen atoms in total. The smallest absolute Gasteiger partial charge is 0.271 e. The van der Waals surface area contributed by atoms with Gasteiger partial charge >= 0.3 is 10.2 Å². The van der Waals surface area contributed by atoms with Crippen LogP contribution in [0.25, 0.3) is 0 Å². The summed E-state index contributed by atoms with van der Waals surface area (Å²) in [5, 5.41) is 7.59. The van der Waals surface area contributed by atoms with E-state index in [2.05, 4.69) is 15.2 Å². The summed E-state index contributed by atoms with van der Waals surface area (Å²) in [4.78, 5) is 28.7. The van der Waals surface area contributed by atoms with Crippen molar-refractivity contribution >= 4 is 33.5 Å². The molecule has 2 aliphatic rings. The van der Waals surface area contributed by atoms with Crippen molar-refractivity contribution in [2.75, 3.05) is 4.31 Å². The van der Waals surface area contributed by atoms with Gasteiger partial charge in [-0.1, -0.05) is 18.2 Å². The Labute approximate surface area is 144 Å². The highest BCUT2D eigenvalue weighted by molar-refractivity contribution is 7.92. The van der Waals surface area contributed by atoms with Crippen molar-refractivity contribution in [1.29, 1.82) is 0 Å². The first-order valence-electron chi connectivity index (χ1n) is 7.40. The van der Waals surface area contributed by atoms with E-state index in [4.69, 9.17) is 0 Å². The molecule has 0 saturated carbocycles. The number of anilines is 1. The summed E-state index contributed by atoms with van der Waals surface area (Å²) in [6.07, 6.45) is 0.471. The molecule has 1 unspecified atom stereocenters. The summed E-state index contributed by atoms with van der Waals surface area (Å²) in [5.74, 6) is -1.66. The van der Waals surface area contributed by atoms with Crippen LogP contribution >= 0.6 is 0 Å². The van der Waals surface area contributed by atoms with E-state index >= 15 is 0 Å². The number of hydrogen-bond donors (Lipinski definition) is 1. The molecule has 1 aromatic carbocycles. The van der Waals surface area contributed by atoms with E-state index in [-0.39, 0.29) is 5.69 Å². The number of azo groups is 1. The highest BCUT2D eigenvalue weighted by Gasteiger charge is 2.45. The Kier molecular flexibility index (Phi) is 4.21. The average Bonchev–Trinajstić information content (AvgIpc) is 2.85. The Hall–Kier alpha value is -2.88. The average molecular weight is 361 g/mol. The predicted molar refractivity (Wildman–Crippen MR) is 90.1 cm³/mol. The van der Waals surface area contributed by atoms with Crippen LogP contribution in [0.15, 0.2) is 56.8 Å². The maximum absolute atomic E-state index is 12.6. The predicted octanol–water partition coefficient (Wildman–Crippen LogP) is 1.31. The second-order valence-electron chi connectivity index (χ2n) is 5.60. The lowest BCUT2D eigenvalue weighted by Crippen LogP contribution is -2.60. The van der Waals surface area contributed by atoms with Crippen molar-refractivity contribution in [3.05, 3.63) is 41.6 Å². The lowest BCUT2D eigenvalue weighted by Gasteiger charge is -2.28. The number of nitrogens with one attached hydrogen (secondary N) is 1. The fourth-order valence-electron chi connectivity index (χ4n) is 2.38. The molecule has 25 heavy (non-hydrogen) atoms. The number of para-hydroxylation sites is 1. The van der Waals surface area contributed by atoms with Gasteiger partial charge in [-0.05, 0) is 31.6 Å². The molecule has 1 fully saturated rings. The second-order valence-corrected chi connectivity index (χ2v) is 7.12. The molecule has 1 atom stereocenters. The Bertz CT molecular complexity index is 934. The lowest BCUT2D eigenvalue weighted by atomic mass is 10.2. The number of aliphatic imine (C=N–C) groups is 1. The third-order valence-electron chi connectivity index (χ3n) is 3.77. The van der Waals surface area contributed by atoms with Crippen molar-refractivity contribution in [3.8, 4) is 0 Å². The number of rotatable bonds is 2. The van der Waals surface area contributed by atoms with Crippen molar-refractivity contribution in [2.24, 2.45) is 15.2 Å². The summed E-state index contributed by atoms with van der Waals surface area (Å²) >= 11 is 0. The molecule has 2 heterocycles. The Morgan fingerprint density at radius 1 is 1.20 bits per heavy atom. The van der Waals surface area contributed by atoms with Gasteiger partial charge in [-0.3, -0.25) is 9.59 Å². The van der Waals surface area contributed by atoms with Gasteiger partial charge in [0.1, 0.15) is 0 Å². The summed E-state index contributed by atoms with van der Waals surface area (Å²) in [7, 11) is -4.32. The third kappa shape index (κ3) is 3.20. The Morgan fingerprint density at radius 2 is 1.88 bits per heavy atom. The van der Waals surface area contributed by atoms with Gasteiger partial charge in [-0.15, -0.1) is 5.11 Å². The van der Waals surface area contributed by atoms with Crippen molar-refractivity contribution < 1.29 is 18.0 Å². The SMILES string of the molecule is CC1=C(C)N=C(N=NC2C(=O)NS(=O)(=O)N(c3ccccc3)C2=O)C1. The van der Waals surface area contributed by atoms with E-state index in [1.807, 2.05) is 18.6 Å². The molecule has 2 amide bonds. The van der Waals surface area contributed by atoms with E-state index in [1.165, 1.54) is 12.1 Å². The first-order chi connectivity index (χ1) is 11.8. The third-order valence-corrected chi connectivity index (χ3v) is 5.10. The summed E-state index contributed by atoms with van der Waals surface area (Å²) in [6.45, 7) is 3.71. The van der Waals surface area contributed by atoms with Gasteiger partial charge in [0.05, 0.1) is 5.69 Å². The van der Waals surface area contributed by atoms with Gasteiger partial charge < -0.3 is 0 Å². The number of hydrogen-bond acceptors (Lipinski definition) is 7. The van der Waals surface area contributed by atoms with Crippen LogP contribution in [0.2, 0.25) is 0 Å². The minimum atomic E-state index is -4.32. The van der Waals surface area contributed by atoms with Crippen LogP contribution in [0, 0.1) is 0 Å². The number of benzene rings is 1. The van der Waals surface area contributed by atoms with Crippen LogP contribution in [-0.2, 0) is 19.8 Å². The van der Waals surface area contributed by atoms with E-state index in [0.29, 0.717) is 16.6 Å². The Balaban J connectivity index is 1.90. The van der Waals surface area contributed by atoms with Crippen molar-refractivity contribution in [2.45, 2.75) is 26.3 Å². The fraction of sp³-hybridized carbons (Fsp3) is 0.267. The minimum Gasteiger partial charge on any atom is -0.271 e. The molecule has 3 rings (SSSR count). The molecule has 0 aromatic heterocycles. The van der Waals surface area contributed by atoms with Gasteiger partial charge in [-0.25, -0.2) is 9.71 Å². The van der Waals surface area contributed by atoms with E-state index in [1.54, 1.807) is 18.2 Å². The highest BCUT2D eigenvalue weighted by Crippen LogP contribution is 2.23. The molecule has 0 bridgehead atoms.